The average Bonchev–Trinajstić information content (AvgIpc) is 2.15. The Kier molecular flexibility index (Phi) is 2.93. The first-order chi connectivity index (χ1) is 6.50. The summed E-state index contributed by atoms with van der Waals surface area (Å²) in [5, 5.41) is 0. The third-order valence-corrected chi connectivity index (χ3v) is 1.79. The Morgan fingerprint density at radius 1 is 1.07 bits per heavy atom. The first-order valence-electron chi connectivity index (χ1n) is 3.91. The molecule has 0 unspecified atom stereocenters. The molecule has 0 aliphatic heterocycles. The van der Waals surface area contributed by atoms with E-state index < -0.39 is 12.4 Å². The predicted octanol–water partition coefficient (Wildman–Crippen LogP) is 1.76. The Morgan fingerprint density at radius 3 is 2.14 bits per heavy atom. The highest BCUT2D eigenvalue weighted by molar-refractivity contribution is 6.74. The summed E-state index contributed by atoms with van der Waals surface area (Å²) < 4.78 is 46.9. The molecule has 1 aromatic rings. The van der Waals surface area contributed by atoms with E-state index in [-0.39, 0.29) is 11.5 Å². The van der Waals surface area contributed by atoms with E-state index in [1.807, 2.05) is 0 Å². The number of methoxy groups -OCH3 is 2. The van der Waals surface area contributed by atoms with Crippen LogP contribution < -0.4 is 14.9 Å². The molecule has 0 radical (unpaired) electrons. The standard InChI is InChI=1S/C8H9BF3O2/c1-13-7-5-3-4-6(8(7)14-2)9(10,11)12/h3-5H,1-2H3/q-1. The highest BCUT2D eigenvalue weighted by Gasteiger charge is 2.30. The molecular formula is C8H9BF3O2-. The van der Waals surface area contributed by atoms with E-state index in [1.54, 1.807) is 0 Å². The lowest BCUT2D eigenvalue weighted by atomic mass is 9.79. The van der Waals surface area contributed by atoms with Crippen LogP contribution in [0.1, 0.15) is 0 Å². The Morgan fingerprint density at radius 2 is 1.71 bits per heavy atom. The van der Waals surface area contributed by atoms with E-state index in [1.165, 1.54) is 26.4 Å². The van der Waals surface area contributed by atoms with Gasteiger partial charge in [-0.25, -0.2) is 0 Å². The van der Waals surface area contributed by atoms with Gasteiger partial charge < -0.3 is 22.4 Å². The van der Waals surface area contributed by atoms with Gasteiger partial charge in [-0.3, -0.25) is 0 Å². The molecule has 0 aliphatic rings. The molecule has 0 saturated carbocycles. The number of halogens is 3. The number of rotatable bonds is 3. The van der Waals surface area contributed by atoms with Crippen LogP contribution >= 0.6 is 0 Å². The highest BCUT2D eigenvalue weighted by Crippen LogP contribution is 2.27. The van der Waals surface area contributed by atoms with Gasteiger partial charge in [0, 0.05) is 0 Å². The summed E-state index contributed by atoms with van der Waals surface area (Å²) in [7, 11) is 2.48. The monoisotopic (exact) mass is 205 g/mol. The van der Waals surface area contributed by atoms with Crippen LogP contribution in [0, 0.1) is 0 Å². The lowest BCUT2D eigenvalue weighted by Gasteiger charge is -2.20. The highest BCUT2D eigenvalue weighted by atomic mass is 19.4. The number of hydrogen-bond acceptors (Lipinski definition) is 2. The van der Waals surface area contributed by atoms with E-state index in [2.05, 4.69) is 4.74 Å². The smallest absolute Gasteiger partial charge is 0.496 e. The molecule has 1 rings (SSSR count). The molecule has 1 aromatic carbocycles. The van der Waals surface area contributed by atoms with Crippen LogP contribution in [-0.4, -0.2) is 21.2 Å². The Bertz CT molecular complexity index is 325. The lowest BCUT2D eigenvalue weighted by Crippen LogP contribution is -2.35. The quantitative estimate of drug-likeness (QED) is 0.699. The van der Waals surface area contributed by atoms with Crippen LogP contribution in [0.15, 0.2) is 18.2 Å². The van der Waals surface area contributed by atoms with Gasteiger partial charge in [0.1, 0.15) is 5.75 Å². The van der Waals surface area contributed by atoms with Crippen LogP contribution in [0.2, 0.25) is 0 Å². The van der Waals surface area contributed by atoms with Crippen molar-refractivity contribution in [2.45, 2.75) is 0 Å². The minimum Gasteiger partial charge on any atom is -0.496 e. The van der Waals surface area contributed by atoms with Gasteiger partial charge in [0.2, 0.25) is 0 Å². The second-order valence-electron chi connectivity index (χ2n) is 2.66. The van der Waals surface area contributed by atoms with Crippen molar-refractivity contribution in [1.29, 1.82) is 0 Å². The van der Waals surface area contributed by atoms with Crippen molar-refractivity contribution in [3.05, 3.63) is 18.2 Å². The predicted molar refractivity (Wildman–Crippen MR) is 48.3 cm³/mol. The zero-order chi connectivity index (χ0) is 10.8. The summed E-state index contributed by atoms with van der Waals surface area (Å²) in [5.41, 5.74) is -0.771. The maximum atomic E-state index is 12.5. The van der Waals surface area contributed by atoms with Crippen molar-refractivity contribution in [2.24, 2.45) is 0 Å². The summed E-state index contributed by atoms with van der Waals surface area (Å²) in [5.74, 6) is -0.174. The SMILES string of the molecule is COc1cccc([B-](F)(F)F)c1OC. The van der Waals surface area contributed by atoms with Gasteiger partial charge in [-0.15, -0.1) is 0 Å². The van der Waals surface area contributed by atoms with Gasteiger partial charge in [-0.2, -0.15) is 0 Å². The van der Waals surface area contributed by atoms with E-state index in [9.17, 15) is 12.9 Å². The summed E-state index contributed by atoms with van der Waals surface area (Å²) in [6, 6.07) is 3.68. The fraction of sp³-hybridized carbons (Fsp3) is 0.250. The molecule has 0 aromatic heterocycles. The Hall–Kier alpha value is -1.33. The largest absolute Gasteiger partial charge is 0.513 e. The topological polar surface area (TPSA) is 18.5 Å². The normalized spacial score (nSPS) is 11.2. The van der Waals surface area contributed by atoms with Crippen LogP contribution in [0.4, 0.5) is 12.9 Å². The molecule has 0 N–H and O–H groups in total. The molecule has 6 heteroatoms. The molecule has 0 amide bonds. The van der Waals surface area contributed by atoms with E-state index >= 15 is 0 Å². The van der Waals surface area contributed by atoms with E-state index in [0.717, 1.165) is 6.07 Å². The second-order valence-corrected chi connectivity index (χ2v) is 2.66. The molecule has 2 nitrogen and oxygen atoms in total. The molecule has 0 aliphatic carbocycles. The number of ether oxygens (including phenoxy) is 2. The molecule has 0 atom stereocenters. The lowest BCUT2D eigenvalue weighted by molar-refractivity contribution is 0.355. The molecular weight excluding hydrogens is 196 g/mol. The minimum atomic E-state index is -5.07. The van der Waals surface area contributed by atoms with E-state index in [4.69, 9.17) is 4.74 Å². The Balaban J connectivity index is 3.29. The van der Waals surface area contributed by atoms with Crippen LogP contribution in [0.25, 0.3) is 0 Å². The van der Waals surface area contributed by atoms with Crippen molar-refractivity contribution in [2.75, 3.05) is 14.2 Å². The van der Waals surface area contributed by atoms with Crippen LogP contribution in [0.5, 0.6) is 11.5 Å². The molecule has 0 bridgehead atoms. The minimum absolute atomic E-state index is 0.0872. The summed E-state index contributed by atoms with van der Waals surface area (Å²) >= 11 is 0. The zero-order valence-electron chi connectivity index (χ0n) is 7.76. The average molecular weight is 205 g/mol. The van der Waals surface area contributed by atoms with Crippen molar-refractivity contribution < 1.29 is 22.4 Å². The van der Waals surface area contributed by atoms with Crippen molar-refractivity contribution in [3.63, 3.8) is 0 Å². The Labute approximate surface area is 79.7 Å². The fourth-order valence-electron chi connectivity index (χ4n) is 1.17. The first kappa shape index (κ1) is 10.8. The van der Waals surface area contributed by atoms with Crippen molar-refractivity contribution >= 4 is 12.4 Å². The van der Waals surface area contributed by atoms with Gasteiger partial charge in [0.15, 0.2) is 5.75 Å². The van der Waals surface area contributed by atoms with Crippen LogP contribution in [-0.2, 0) is 0 Å². The molecule has 0 heterocycles. The molecule has 14 heavy (non-hydrogen) atoms. The summed E-state index contributed by atoms with van der Waals surface area (Å²) in [6.45, 7) is -5.07. The molecule has 0 spiro atoms. The third kappa shape index (κ3) is 1.94. The molecule has 0 saturated heterocycles. The van der Waals surface area contributed by atoms with E-state index in [0.29, 0.717) is 0 Å². The number of hydrogen-bond donors (Lipinski definition) is 0. The first-order valence-corrected chi connectivity index (χ1v) is 3.91. The second kappa shape index (κ2) is 3.81. The number of benzene rings is 1. The van der Waals surface area contributed by atoms with Gasteiger partial charge in [0.05, 0.1) is 14.2 Å². The van der Waals surface area contributed by atoms with Gasteiger partial charge in [-0.1, -0.05) is 17.6 Å². The summed E-state index contributed by atoms with van der Waals surface area (Å²) in [6.07, 6.45) is 0. The van der Waals surface area contributed by atoms with Crippen LogP contribution in [0.3, 0.4) is 0 Å². The fourth-order valence-corrected chi connectivity index (χ4v) is 1.17. The zero-order valence-corrected chi connectivity index (χ0v) is 7.76. The van der Waals surface area contributed by atoms with Gasteiger partial charge in [0.25, 0.3) is 0 Å². The maximum absolute atomic E-state index is 12.5. The van der Waals surface area contributed by atoms with Crippen molar-refractivity contribution in [3.8, 4) is 11.5 Å². The molecule has 78 valence electrons. The molecule has 0 fully saturated rings. The van der Waals surface area contributed by atoms with Gasteiger partial charge in [-0.05, 0) is 6.07 Å². The van der Waals surface area contributed by atoms with Gasteiger partial charge >= 0.3 is 6.98 Å². The number of para-hydroxylation sites is 1. The van der Waals surface area contributed by atoms with Crippen molar-refractivity contribution in [1.82, 2.24) is 0 Å². The third-order valence-electron chi connectivity index (χ3n) is 1.79. The summed E-state index contributed by atoms with van der Waals surface area (Å²) in [4.78, 5) is 0. The maximum Gasteiger partial charge on any atom is 0.513 e.